The fraction of sp³-hybridized carbons (Fsp3) is 0.200. The van der Waals surface area contributed by atoms with Crippen LogP contribution in [0.2, 0.25) is 0 Å². The Morgan fingerprint density at radius 3 is 3.00 bits per heavy atom. The molecule has 0 aliphatic heterocycles. The molecule has 0 spiro atoms. The van der Waals surface area contributed by atoms with Crippen LogP contribution in [0.1, 0.15) is 6.92 Å². The maximum absolute atomic E-state index is 9.40. The molecule has 74 valence electrons. The van der Waals surface area contributed by atoms with E-state index in [0.29, 0.717) is 11.7 Å². The summed E-state index contributed by atoms with van der Waals surface area (Å²) in [4.78, 5) is 0.869. The molecule has 14 heavy (non-hydrogen) atoms. The summed E-state index contributed by atoms with van der Waals surface area (Å²) in [5, 5.41) is 10.6. The second-order valence-corrected chi connectivity index (χ2v) is 4.36. The minimum absolute atomic E-state index is 0.294. The smallest absolute Gasteiger partial charge is 0.172 e. The first-order chi connectivity index (χ1) is 6.72. The van der Waals surface area contributed by atoms with Crippen molar-refractivity contribution in [2.45, 2.75) is 11.8 Å². The Morgan fingerprint density at radius 1 is 1.50 bits per heavy atom. The predicted octanol–water partition coefficient (Wildman–Crippen LogP) is 3.29. The largest absolute Gasteiger partial charge is 0.499 e. The number of rotatable bonds is 2. The summed E-state index contributed by atoms with van der Waals surface area (Å²) in [6.07, 6.45) is 0. The van der Waals surface area contributed by atoms with Gasteiger partial charge in [-0.3, -0.25) is 0 Å². The molecule has 0 aliphatic carbocycles. The lowest BCUT2D eigenvalue weighted by Crippen LogP contribution is -1.91. The van der Waals surface area contributed by atoms with E-state index in [1.807, 2.05) is 19.1 Å². The van der Waals surface area contributed by atoms with Gasteiger partial charge in [-0.25, -0.2) is 0 Å². The SMILES string of the molecule is CCOc1ccc(S)c2sc(O)cc12. The normalized spacial score (nSPS) is 10.7. The Kier molecular flexibility index (Phi) is 2.56. The molecule has 0 fully saturated rings. The van der Waals surface area contributed by atoms with E-state index in [9.17, 15) is 5.11 Å². The molecule has 1 N–H and O–H groups in total. The van der Waals surface area contributed by atoms with Gasteiger partial charge in [-0.15, -0.1) is 12.6 Å². The van der Waals surface area contributed by atoms with E-state index in [0.717, 1.165) is 20.7 Å². The van der Waals surface area contributed by atoms with Crippen LogP contribution in [0.4, 0.5) is 0 Å². The van der Waals surface area contributed by atoms with E-state index in [1.165, 1.54) is 11.3 Å². The summed E-state index contributed by atoms with van der Waals surface area (Å²) in [6, 6.07) is 5.47. The van der Waals surface area contributed by atoms with Crippen molar-refractivity contribution in [1.82, 2.24) is 0 Å². The lowest BCUT2D eigenvalue weighted by molar-refractivity contribution is 0.344. The van der Waals surface area contributed by atoms with Crippen molar-refractivity contribution in [2.75, 3.05) is 6.61 Å². The Balaban J connectivity index is 2.68. The van der Waals surface area contributed by atoms with Crippen LogP contribution in [0, 0.1) is 0 Å². The molecule has 0 atom stereocenters. The van der Waals surface area contributed by atoms with Gasteiger partial charge < -0.3 is 9.84 Å². The first-order valence-corrected chi connectivity index (χ1v) is 5.56. The number of ether oxygens (including phenoxy) is 1. The van der Waals surface area contributed by atoms with Crippen LogP contribution in [0.25, 0.3) is 10.1 Å². The summed E-state index contributed by atoms with van der Waals surface area (Å²) in [5.41, 5.74) is 0. The fourth-order valence-corrected chi connectivity index (χ4v) is 2.51. The maximum Gasteiger partial charge on any atom is 0.172 e. The molecule has 0 amide bonds. The number of thiophene rings is 1. The van der Waals surface area contributed by atoms with Crippen molar-refractivity contribution in [3.8, 4) is 10.8 Å². The summed E-state index contributed by atoms with van der Waals surface area (Å²) < 4.78 is 6.42. The van der Waals surface area contributed by atoms with Crippen LogP contribution in [-0.2, 0) is 0 Å². The van der Waals surface area contributed by atoms with Crippen molar-refractivity contribution in [1.29, 1.82) is 0 Å². The highest BCUT2D eigenvalue weighted by atomic mass is 32.1. The third-order valence-electron chi connectivity index (χ3n) is 1.91. The van der Waals surface area contributed by atoms with Gasteiger partial charge in [0, 0.05) is 16.3 Å². The quantitative estimate of drug-likeness (QED) is 0.769. The maximum atomic E-state index is 9.40. The van der Waals surface area contributed by atoms with Crippen LogP contribution in [0.15, 0.2) is 23.1 Å². The molecule has 2 nitrogen and oxygen atoms in total. The van der Waals surface area contributed by atoms with Gasteiger partial charge >= 0.3 is 0 Å². The second-order valence-electron chi connectivity index (χ2n) is 2.84. The lowest BCUT2D eigenvalue weighted by Gasteiger charge is -2.04. The first-order valence-electron chi connectivity index (χ1n) is 4.29. The Hall–Kier alpha value is -0.870. The lowest BCUT2D eigenvalue weighted by atomic mass is 10.2. The van der Waals surface area contributed by atoms with Gasteiger partial charge in [0.1, 0.15) is 5.75 Å². The van der Waals surface area contributed by atoms with Crippen molar-refractivity contribution in [2.24, 2.45) is 0 Å². The molecule has 0 radical (unpaired) electrons. The molecule has 1 aromatic carbocycles. The van der Waals surface area contributed by atoms with Crippen molar-refractivity contribution in [3.05, 3.63) is 18.2 Å². The van der Waals surface area contributed by atoms with Crippen LogP contribution >= 0.6 is 24.0 Å². The summed E-state index contributed by atoms with van der Waals surface area (Å²) in [7, 11) is 0. The standard InChI is InChI=1S/C10H10O2S2/c1-2-12-7-3-4-8(13)10-6(7)5-9(11)14-10/h3-5,11,13H,2H2,1H3. The molecule has 0 aliphatic rings. The van der Waals surface area contributed by atoms with Crippen LogP contribution in [-0.4, -0.2) is 11.7 Å². The van der Waals surface area contributed by atoms with Gasteiger partial charge in [-0.05, 0) is 19.1 Å². The van der Waals surface area contributed by atoms with E-state index in [4.69, 9.17) is 4.74 Å². The highest BCUT2D eigenvalue weighted by Gasteiger charge is 2.08. The molecule has 1 aromatic heterocycles. The van der Waals surface area contributed by atoms with Gasteiger partial charge in [0.2, 0.25) is 0 Å². The van der Waals surface area contributed by atoms with Gasteiger partial charge in [-0.2, -0.15) is 0 Å². The van der Waals surface area contributed by atoms with E-state index >= 15 is 0 Å². The molecular weight excluding hydrogens is 216 g/mol. The molecule has 0 saturated carbocycles. The third-order valence-corrected chi connectivity index (χ3v) is 3.40. The topological polar surface area (TPSA) is 29.5 Å². The van der Waals surface area contributed by atoms with Crippen molar-refractivity contribution >= 4 is 34.1 Å². The first kappa shape index (κ1) is 9.68. The Labute approximate surface area is 91.5 Å². The van der Waals surface area contributed by atoms with E-state index in [-0.39, 0.29) is 0 Å². The monoisotopic (exact) mass is 226 g/mol. The van der Waals surface area contributed by atoms with E-state index in [2.05, 4.69) is 12.6 Å². The molecule has 2 rings (SSSR count). The number of aromatic hydroxyl groups is 1. The van der Waals surface area contributed by atoms with E-state index < -0.39 is 0 Å². The van der Waals surface area contributed by atoms with Crippen LogP contribution < -0.4 is 4.74 Å². The highest BCUT2D eigenvalue weighted by Crippen LogP contribution is 2.39. The van der Waals surface area contributed by atoms with E-state index in [1.54, 1.807) is 6.07 Å². The Bertz CT molecular complexity index is 462. The number of fused-ring (bicyclic) bond motifs is 1. The van der Waals surface area contributed by atoms with Crippen LogP contribution in [0.5, 0.6) is 10.8 Å². The zero-order valence-corrected chi connectivity index (χ0v) is 9.36. The number of hydrogen-bond acceptors (Lipinski definition) is 4. The molecular formula is C10H10O2S2. The fourth-order valence-electron chi connectivity index (χ4n) is 1.35. The van der Waals surface area contributed by atoms with Crippen LogP contribution in [0.3, 0.4) is 0 Å². The zero-order chi connectivity index (χ0) is 10.1. The molecule has 0 unspecified atom stereocenters. The number of benzene rings is 1. The van der Waals surface area contributed by atoms with Gasteiger partial charge in [0.25, 0.3) is 0 Å². The molecule has 1 heterocycles. The summed E-state index contributed by atoms with van der Waals surface area (Å²) in [5.74, 6) is 0.803. The molecule has 4 heteroatoms. The summed E-state index contributed by atoms with van der Waals surface area (Å²) in [6.45, 7) is 2.56. The zero-order valence-electron chi connectivity index (χ0n) is 7.65. The number of thiol groups is 1. The number of hydrogen-bond donors (Lipinski definition) is 2. The molecule has 0 saturated heterocycles. The third kappa shape index (κ3) is 1.55. The highest BCUT2D eigenvalue weighted by molar-refractivity contribution is 7.80. The van der Waals surface area contributed by atoms with Gasteiger partial charge in [0.15, 0.2) is 5.06 Å². The summed E-state index contributed by atoms with van der Waals surface area (Å²) >= 11 is 5.64. The molecule has 2 aromatic rings. The minimum atomic E-state index is 0.294. The average Bonchev–Trinajstić information content (AvgIpc) is 2.53. The minimum Gasteiger partial charge on any atom is -0.499 e. The molecule has 0 bridgehead atoms. The Morgan fingerprint density at radius 2 is 2.29 bits per heavy atom. The van der Waals surface area contributed by atoms with Gasteiger partial charge in [-0.1, -0.05) is 11.3 Å². The second kappa shape index (κ2) is 3.71. The van der Waals surface area contributed by atoms with Crippen molar-refractivity contribution < 1.29 is 9.84 Å². The van der Waals surface area contributed by atoms with Crippen molar-refractivity contribution in [3.63, 3.8) is 0 Å². The average molecular weight is 226 g/mol. The predicted molar refractivity (Wildman–Crippen MR) is 61.9 cm³/mol. The van der Waals surface area contributed by atoms with Gasteiger partial charge in [0.05, 0.1) is 11.3 Å².